The van der Waals surface area contributed by atoms with Gasteiger partial charge >= 0.3 is 0 Å². The van der Waals surface area contributed by atoms with Crippen molar-refractivity contribution in [3.05, 3.63) is 46.7 Å². The van der Waals surface area contributed by atoms with Crippen molar-refractivity contribution in [1.82, 2.24) is 14.9 Å². The first-order chi connectivity index (χ1) is 14.0. The molecule has 0 saturated carbocycles. The minimum Gasteiger partial charge on any atom is -0.497 e. The third kappa shape index (κ3) is 5.76. The van der Waals surface area contributed by atoms with E-state index in [9.17, 15) is 0 Å². The maximum atomic E-state index is 6.41. The molecule has 2 aromatic carbocycles. The highest BCUT2D eigenvalue weighted by molar-refractivity contribution is 6.39. The number of nitrogens with zero attached hydrogens (tertiary/aromatic N) is 3. The number of methoxy groups -OCH3 is 1. The van der Waals surface area contributed by atoms with E-state index in [1.807, 2.05) is 12.1 Å². The molecule has 1 N–H and O–H groups in total. The smallest absolute Gasteiger partial charge is 0.145 e. The van der Waals surface area contributed by atoms with Gasteiger partial charge in [-0.25, -0.2) is 9.97 Å². The fraction of sp³-hybridized carbons (Fsp3) is 0.333. The van der Waals surface area contributed by atoms with Gasteiger partial charge in [0.15, 0.2) is 0 Å². The predicted molar refractivity (Wildman–Crippen MR) is 131 cm³/mol. The van der Waals surface area contributed by atoms with Crippen molar-refractivity contribution in [2.45, 2.75) is 18.9 Å². The van der Waals surface area contributed by atoms with Crippen LogP contribution >= 0.6 is 48.0 Å². The van der Waals surface area contributed by atoms with Crippen LogP contribution in [0.15, 0.2) is 36.7 Å². The number of rotatable bonds is 5. The summed E-state index contributed by atoms with van der Waals surface area (Å²) in [4.78, 5) is 11.2. The van der Waals surface area contributed by atoms with Gasteiger partial charge in [-0.3, -0.25) is 0 Å². The second-order valence-electron chi connectivity index (χ2n) is 7.08. The van der Waals surface area contributed by atoms with Gasteiger partial charge in [-0.15, -0.1) is 24.8 Å². The molecule has 0 aliphatic carbocycles. The van der Waals surface area contributed by atoms with Crippen LogP contribution in [-0.2, 0) is 0 Å². The van der Waals surface area contributed by atoms with E-state index in [1.54, 1.807) is 25.3 Å². The van der Waals surface area contributed by atoms with Crippen molar-refractivity contribution in [1.29, 1.82) is 0 Å². The number of ether oxygens (including phenoxy) is 2. The van der Waals surface area contributed by atoms with Crippen LogP contribution in [0.5, 0.6) is 11.5 Å². The van der Waals surface area contributed by atoms with Gasteiger partial charge in [0.2, 0.25) is 0 Å². The first-order valence-corrected chi connectivity index (χ1v) is 10.2. The van der Waals surface area contributed by atoms with Crippen LogP contribution in [0.25, 0.3) is 10.9 Å². The summed E-state index contributed by atoms with van der Waals surface area (Å²) >= 11 is 12.7. The molecule has 1 aliphatic heterocycles. The van der Waals surface area contributed by atoms with Crippen LogP contribution in [0, 0.1) is 0 Å². The molecular weight excluding hydrogens is 482 g/mol. The average molecular weight is 506 g/mol. The Morgan fingerprint density at radius 2 is 1.74 bits per heavy atom. The minimum atomic E-state index is 0. The molecule has 3 aromatic rings. The quantitative estimate of drug-likeness (QED) is 0.458. The van der Waals surface area contributed by atoms with Crippen molar-refractivity contribution in [3.8, 4) is 11.5 Å². The zero-order chi connectivity index (χ0) is 20.4. The Bertz CT molecular complexity index is 1010. The summed E-state index contributed by atoms with van der Waals surface area (Å²) in [5.74, 6) is 1.94. The molecule has 1 fully saturated rings. The summed E-state index contributed by atoms with van der Waals surface area (Å²) in [6.45, 7) is 2.01. The van der Waals surface area contributed by atoms with E-state index in [2.05, 4.69) is 27.2 Å². The summed E-state index contributed by atoms with van der Waals surface area (Å²) in [6.07, 6.45) is 3.54. The number of piperidine rings is 1. The monoisotopic (exact) mass is 504 g/mol. The highest BCUT2D eigenvalue weighted by atomic mass is 35.5. The first-order valence-electron chi connectivity index (χ1n) is 9.44. The van der Waals surface area contributed by atoms with Crippen LogP contribution in [-0.4, -0.2) is 48.2 Å². The summed E-state index contributed by atoms with van der Waals surface area (Å²) in [6, 6.07) is 9.09. The lowest BCUT2D eigenvalue weighted by Gasteiger charge is -2.29. The highest BCUT2D eigenvalue weighted by Gasteiger charge is 2.21. The molecule has 0 radical (unpaired) electrons. The number of likely N-dealkylation sites (tertiary alicyclic amines) is 1. The van der Waals surface area contributed by atoms with Gasteiger partial charge in [0, 0.05) is 25.2 Å². The minimum absolute atomic E-state index is 0. The molecule has 6 nitrogen and oxygen atoms in total. The number of para-hydroxylation sites is 1. The number of hydrogen-bond acceptors (Lipinski definition) is 6. The van der Waals surface area contributed by atoms with Gasteiger partial charge < -0.3 is 19.7 Å². The number of benzene rings is 2. The van der Waals surface area contributed by atoms with Gasteiger partial charge in [-0.1, -0.05) is 29.3 Å². The Balaban J connectivity index is 0.00000171. The summed E-state index contributed by atoms with van der Waals surface area (Å²) in [7, 11) is 3.75. The summed E-state index contributed by atoms with van der Waals surface area (Å²) in [5, 5.41) is 5.05. The fourth-order valence-electron chi connectivity index (χ4n) is 3.45. The van der Waals surface area contributed by atoms with Crippen molar-refractivity contribution in [2.24, 2.45) is 0 Å². The molecule has 31 heavy (non-hydrogen) atoms. The molecule has 168 valence electrons. The van der Waals surface area contributed by atoms with Crippen LogP contribution < -0.4 is 14.8 Å². The maximum absolute atomic E-state index is 6.41. The Kier molecular flexibility index (Phi) is 9.28. The largest absolute Gasteiger partial charge is 0.497 e. The maximum Gasteiger partial charge on any atom is 0.145 e. The molecule has 0 atom stereocenters. The van der Waals surface area contributed by atoms with E-state index in [1.165, 1.54) is 6.33 Å². The molecule has 2 heterocycles. The van der Waals surface area contributed by atoms with Crippen LogP contribution in [0.2, 0.25) is 10.0 Å². The molecule has 1 saturated heterocycles. The van der Waals surface area contributed by atoms with Crippen LogP contribution in [0.4, 0.5) is 11.5 Å². The lowest BCUT2D eigenvalue weighted by molar-refractivity contribution is 0.115. The molecule has 1 aromatic heterocycles. The third-order valence-electron chi connectivity index (χ3n) is 5.08. The van der Waals surface area contributed by atoms with E-state index in [-0.39, 0.29) is 30.9 Å². The van der Waals surface area contributed by atoms with E-state index >= 15 is 0 Å². The molecule has 0 spiro atoms. The predicted octanol–water partition coefficient (Wildman–Crippen LogP) is 6.01. The van der Waals surface area contributed by atoms with Crippen LogP contribution in [0.3, 0.4) is 0 Å². The number of fused-ring (bicyclic) bond motifs is 1. The second kappa shape index (κ2) is 11.2. The van der Waals surface area contributed by atoms with E-state index in [0.29, 0.717) is 38.6 Å². The van der Waals surface area contributed by atoms with E-state index < -0.39 is 0 Å². The van der Waals surface area contributed by atoms with Gasteiger partial charge in [0.1, 0.15) is 29.7 Å². The number of halogens is 4. The second-order valence-corrected chi connectivity index (χ2v) is 7.90. The molecular formula is C21H24Cl4N4O2. The standard InChI is InChI=1S/C21H22Cl2N4O2.2ClH/c1-27-8-6-13(7-9-27)29-18-11-14(28-2)10-17-19(18)21(25-12-24-17)26-20-15(22)4-3-5-16(20)23;;/h3-5,10-13H,6-9H2,1-2H3,(H,24,25,26);2*1H. The van der Waals surface area contributed by atoms with Crippen molar-refractivity contribution in [3.63, 3.8) is 0 Å². The molecule has 10 heteroatoms. The SMILES string of the molecule is COc1cc(OC2CCN(C)CC2)c2c(Nc3c(Cl)cccc3Cl)ncnc2c1.Cl.Cl. The topological polar surface area (TPSA) is 59.5 Å². The molecule has 0 amide bonds. The zero-order valence-corrected chi connectivity index (χ0v) is 20.2. The van der Waals surface area contributed by atoms with Gasteiger partial charge in [0.25, 0.3) is 0 Å². The van der Waals surface area contributed by atoms with E-state index in [4.69, 9.17) is 32.7 Å². The third-order valence-corrected chi connectivity index (χ3v) is 5.71. The van der Waals surface area contributed by atoms with Crippen molar-refractivity contribution < 1.29 is 9.47 Å². The fourth-order valence-corrected chi connectivity index (χ4v) is 3.94. The van der Waals surface area contributed by atoms with Crippen molar-refractivity contribution in [2.75, 3.05) is 32.6 Å². The molecule has 0 unspecified atom stereocenters. The normalized spacial score (nSPS) is 14.5. The Morgan fingerprint density at radius 1 is 1.06 bits per heavy atom. The first kappa shape index (κ1) is 25.6. The average Bonchev–Trinajstić information content (AvgIpc) is 2.72. The van der Waals surface area contributed by atoms with Gasteiger partial charge in [-0.2, -0.15) is 0 Å². The Labute approximate surface area is 204 Å². The summed E-state index contributed by atoms with van der Waals surface area (Å²) in [5.41, 5.74) is 1.31. The number of anilines is 2. The lowest BCUT2D eigenvalue weighted by atomic mass is 10.1. The molecule has 1 aliphatic rings. The Hall–Kier alpha value is -1.70. The highest BCUT2D eigenvalue weighted by Crippen LogP contribution is 2.39. The number of aromatic nitrogens is 2. The van der Waals surface area contributed by atoms with E-state index in [0.717, 1.165) is 31.3 Å². The number of hydrogen-bond donors (Lipinski definition) is 1. The zero-order valence-electron chi connectivity index (χ0n) is 17.1. The van der Waals surface area contributed by atoms with Crippen molar-refractivity contribution >= 4 is 70.4 Å². The van der Waals surface area contributed by atoms with Gasteiger partial charge in [-0.05, 0) is 32.0 Å². The Morgan fingerprint density at radius 3 is 2.39 bits per heavy atom. The summed E-state index contributed by atoms with van der Waals surface area (Å²) < 4.78 is 11.9. The van der Waals surface area contributed by atoms with Crippen LogP contribution in [0.1, 0.15) is 12.8 Å². The molecule has 0 bridgehead atoms. The lowest BCUT2D eigenvalue weighted by Crippen LogP contribution is -2.35. The number of nitrogens with one attached hydrogen (secondary N) is 1. The van der Waals surface area contributed by atoms with Gasteiger partial charge in [0.05, 0.1) is 33.7 Å². The molecule has 4 rings (SSSR count).